The number of aliphatic hydroxyl groups is 1. The van der Waals surface area contributed by atoms with E-state index in [9.17, 15) is 8.42 Å². The zero-order valence-electron chi connectivity index (χ0n) is 11.5. The van der Waals surface area contributed by atoms with Gasteiger partial charge in [0.1, 0.15) is 0 Å². The van der Waals surface area contributed by atoms with Crippen LogP contribution in [-0.4, -0.2) is 55.2 Å². The fraction of sp³-hybridized carbons (Fsp3) is 1.00. The molecule has 0 aliphatic heterocycles. The van der Waals surface area contributed by atoms with Gasteiger partial charge < -0.3 is 5.11 Å². The van der Waals surface area contributed by atoms with Gasteiger partial charge in [-0.15, -0.1) is 0 Å². The molecule has 4 nitrogen and oxygen atoms in total. The first-order valence-electron chi connectivity index (χ1n) is 6.45. The highest BCUT2D eigenvalue weighted by atomic mass is 32.2. The van der Waals surface area contributed by atoms with Gasteiger partial charge in [-0.3, -0.25) is 4.90 Å². The normalized spacial score (nSPS) is 12.9. The second kappa shape index (κ2) is 8.06. The van der Waals surface area contributed by atoms with Gasteiger partial charge in [0.05, 0.1) is 17.6 Å². The van der Waals surface area contributed by atoms with Crippen molar-refractivity contribution in [1.29, 1.82) is 0 Å². The first kappa shape index (κ1) is 16.9. The SMILES string of the molecule is CCC(CC)N(CCO)CCS(=O)(=O)C(C)C. The lowest BCUT2D eigenvalue weighted by atomic mass is 10.1. The van der Waals surface area contributed by atoms with Gasteiger partial charge in [-0.25, -0.2) is 8.42 Å². The van der Waals surface area contributed by atoms with Gasteiger partial charge in [0.15, 0.2) is 9.84 Å². The van der Waals surface area contributed by atoms with Crippen LogP contribution in [0.4, 0.5) is 0 Å². The molecular formula is C12H27NO3S. The Morgan fingerprint density at radius 3 is 2.00 bits per heavy atom. The molecule has 17 heavy (non-hydrogen) atoms. The van der Waals surface area contributed by atoms with Crippen LogP contribution in [0.15, 0.2) is 0 Å². The zero-order valence-corrected chi connectivity index (χ0v) is 12.3. The van der Waals surface area contributed by atoms with E-state index in [1.54, 1.807) is 13.8 Å². The summed E-state index contributed by atoms with van der Waals surface area (Å²) in [5.41, 5.74) is 0. The van der Waals surface area contributed by atoms with E-state index in [1.807, 2.05) is 0 Å². The molecule has 104 valence electrons. The maximum absolute atomic E-state index is 11.7. The second-order valence-electron chi connectivity index (χ2n) is 4.65. The van der Waals surface area contributed by atoms with Crippen LogP contribution < -0.4 is 0 Å². The Hall–Kier alpha value is -0.130. The summed E-state index contributed by atoms with van der Waals surface area (Å²) in [6.07, 6.45) is 1.97. The Labute approximate surface area is 106 Å². The standard InChI is InChI=1S/C12H27NO3S/c1-5-12(6-2)13(7-9-14)8-10-17(15,16)11(3)4/h11-12,14H,5-10H2,1-4H3. The molecule has 0 fully saturated rings. The number of hydrogen-bond donors (Lipinski definition) is 1. The van der Waals surface area contributed by atoms with E-state index in [-0.39, 0.29) is 17.6 Å². The van der Waals surface area contributed by atoms with E-state index in [2.05, 4.69) is 18.7 Å². The molecule has 5 heteroatoms. The van der Waals surface area contributed by atoms with Crippen molar-refractivity contribution >= 4 is 9.84 Å². The number of rotatable bonds is 9. The molecule has 0 heterocycles. The minimum absolute atomic E-state index is 0.0816. The fourth-order valence-corrected chi connectivity index (χ4v) is 2.85. The summed E-state index contributed by atoms with van der Waals surface area (Å²) in [7, 11) is -2.98. The summed E-state index contributed by atoms with van der Waals surface area (Å²) in [5, 5.41) is 8.70. The predicted molar refractivity (Wildman–Crippen MR) is 72.0 cm³/mol. The van der Waals surface area contributed by atoms with Gasteiger partial charge in [-0.05, 0) is 26.7 Å². The maximum atomic E-state index is 11.7. The molecule has 0 aromatic rings. The lowest BCUT2D eigenvalue weighted by Gasteiger charge is -2.29. The van der Waals surface area contributed by atoms with Crippen LogP contribution in [0, 0.1) is 0 Å². The van der Waals surface area contributed by atoms with E-state index in [0.717, 1.165) is 12.8 Å². The minimum atomic E-state index is -2.98. The van der Waals surface area contributed by atoms with Crippen molar-refractivity contribution in [2.45, 2.75) is 51.8 Å². The van der Waals surface area contributed by atoms with Crippen molar-refractivity contribution in [3.8, 4) is 0 Å². The smallest absolute Gasteiger partial charge is 0.153 e. The van der Waals surface area contributed by atoms with E-state index >= 15 is 0 Å². The average Bonchev–Trinajstić information content (AvgIpc) is 2.27. The molecule has 0 spiro atoms. The third-order valence-electron chi connectivity index (χ3n) is 3.23. The van der Waals surface area contributed by atoms with Crippen LogP contribution in [0.25, 0.3) is 0 Å². The van der Waals surface area contributed by atoms with Crippen LogP contribution >= 0.6 is 0 Å². The molecule has 0 aromatic carbocycles. The van der Waals surface area contributed by atoms with Crippen molar-refractivity contribution in [3.63, 3.8) is 0 Å². The summed E-state index contributed by atoms with van der Waals surface area (Å²) in [5.74, 6) is 0.182. The number of nitrogens with zero attached hydrogens (tertiary/aromatic N) is 1. The van der Waals surface area contributed by atoms with E-state index in [4.69, 9.17) is 5.11 Å². The first-order chi connectivity index (χ1) is 7.88. The molecule has 1 N–H and O–H groups in total. The summed E-state index contributed by atoms with van der Waals surface area (Å²) in [6, 6.07) is 0.365. The van der Waals surface area contributed by atoms with Crippen molar-refractivity contribution in [2.75, 3.05) is 25.4 Å². The second-order valence-corrected chi connectivity index (χ2v) is 7.32. The molecule has 0 aromatic heterocycles. The molecule has 0 bridgehead atoms. The molecule has 0 unspecified atom stereocenters. The van der Waals surface area contributed by atoms with Crippen molar-refractivity contribution in [2.24, 2.45) is 0 Å². The zero-order chi connectivity index (χ0) is 13.5. The summed E-state index contributed by atoms with van der Waals surface area (Å²) < 4.78 is 23.5. The summed E-state index contributed by atoms with van der Waals surface area (Å²) >= 11 is 0. The predicted octanol–water partition coefficient (Wildman–Crippen LogP) is 1.29. The molecule has 0 amide bonds. The van der Waals surface area contributed by atoms with Crippen LogP contribution in [0.1, 0.15) is 40.5 Å². The Morgan fingerprint density at radius 1 is 1.12 bits per heavy atom. The summed E-state index contributed by atoms with van der Waals surface area (Å²) in [4.78, 5) is 2.08. The Balaban J connectivity index is 4.46. The third-order valence-corrected chi connectivity index (χ3v) is 5.42. The van der Waals surface area contributed by atoms with E-state index in [0.29, 0.717) is 19.1 Å². The van der Waals surface area contributed by atoms with Crippen LogP contribution in [0.5, 0.6) is 0 Å². The quantitative estimate of drug-likeness (QED) is 0.682. The third kappa shape index (κ3) is 5.84. The van der Waals surface area contributed by atoms with Gasteiger partial charge >= 0.3 is 0 Å². The minimum Gasteiger partial charge on any atom is -0.395 e. The van der Waals surface area contributed by atoms with Gasteiger partial charge in [-0.1, -0.05) is 13.8 Å². The largest absolute Gasteiger partial charge is 0.395 e. The highest BCUT2D eigenvalue weighted by molar-refractivity contribution is 7.92. The molecule has 0 atom stereocenters. The lowest BCUT2D eigenvalue weighted by molar-refractivity contribution is 0.151. The Kier molecular flexibility index (Phi) is 8.00. The lowest BCUT2D eigenvalue weighted by Crippen LogP contribution is -2.40. The first-order valence-corrected chi connectivity index (χ1v) is 8.17. The highest BCUT2D eigenvalue weighted by Gasteiger charge is 2.20. The van der Waals surface area contributed by atoms with Crippen LogP contribution in [-0.2, 0) is 9.84 Å². The van der Waals surface area contributed by atoms with Gasteiger partial charge in [0.2, 0.25) is 0 Å². The van der Waals surface area contributed by atoms with E-state index < -0.39 is 9.84 Å². The van der Waals surface area contributed by atoms with Crippen molar-refractivity contribution < 1.29 is 13.5 Å². The Morgan fingerprint density at radius 2 is 1.65 bits per heavy atom. The number of aliphatic hydroxyl groups excluding tert-OH is 1. The number of hydrogen-bond acceptors (Lipinski definition) is 4. The maximum Gasteiger partial charge on any atom is 0.153 e. The molecule has 0 saturated carbocycles. The topological polar surface area (TPSA) is 57.6 Å². The fourth-order valence-electron chi connectivity index (χ4n) is 1.89. The Bertz CT molecular complexity index is 284. The molecule has 0 rings (SSSR count). The van der Waals surface area contributed by atoms with Gasteiger partial charge in [-0.2, -0.15) is 0 Å². The molecule has 0 radical (unpaired) electrons. The van der Waals surface area contributed by atoms with Crippen molar-refractivity contribution in [3.05, 3.63) is 0 Å². The molecular weight excluding hydrogens is 238 g/mol. The molecule has 0 aliphatic carbocycles. The summed E-state index contributed by atoms with van der Waals surface area (Å²) in [6.45, 7) is 8.77. The highest BCUT2D eigenvalue weighted by Crippen LogP contribution is 2.09. The monoisotopic (exact) mass is 265 g/mol. The van der Waals surface area contributed by atoms with E-state index in [1.165, 1.54) is 0 Å². The van der Waals surface area contributed by atoms with Gasteiger partial charge in [0, 0.05) is 19.1 Å². The van der Waals surface area contributed by atoms with Crippen molar-refractivity contribution in [1.82, 2.24) is 4.90 Å². The number of sulfone groups is 1. The van der Waals surface area contributed by atoms with Crippen LogP contribution in [0.2, 0.25) is 0 Å². The van der Waals surface area contributed by atoms with Gasteiger partial charge in [0.25, 0.3) is 0 Å². The average molecular weight is 265 g/mol. The molecule has 0 aliphatic rings. The molecule has 0 saturated heterocycles. The van der Waals surface area contributed by atoms with Crippen LogP contribution in [0.3, 0.4) is 0 Å².